The number of carbonyl (C=O) groups excluding carboxylic acids is 1. The number of carbonyl (C=O) groups is 2. The van der Waals surface area contributed by atoms with Crippen LogP contribution in [0.25, 0.3) is 0 Å². The zero-order valence-electron chi connectivity index (χ0n) is 9.60. The maximum atomic E-state index is 11.7. The van der Waals surface area contributed by atoms with Crippen LogP contribution in [0.3, 0.4) is 0 Å². The number of urea groups is 1. The molecule has 0 aromatic carbocycles. The Balaban J connectivity index is 2.50. The predicted molar refractivity (Wildman–Crippen MR) is 57.2 cm³/mol. The number of amides is 2. The smallest absolute Gasteiger partial charge is 0.326 e. The monoisotopic (exact) mass is 230 g/mol. The Morgan fingerprint density at radius 1 is 1.31 bits per heavy atom. The van der Waals surface area contributed by atoms with Gasteiger partial charge >= 0.3 is 12.0 Å². The average molecular weight is 230 g/mol. The number of nitrogens with zero attached hydrogens (tertiary/aromatic N) is 1. The molecule has 1 rings (SSSR count). The topological polar surface area (TPSA) is 78.9 Å². The fourth-order valence-electron chi connectivity index (χ4n) is 1.50. The predicted octanol–water partition coefficient (Wildman–Crippen LogP) is 0.137. The molecule has 1 aliphatic rings. The minimum Gasteiger partial charge on any atom is -0.480 e. The second-order valence-electron chi connectivity index (χ2n) is 4.11. The number of hydrogen-bond acceptors (Lipinski definition) is 3. The Labute approximate surface area is 94.6 Å². The van der Waals surface area contributed by atoms with E-state index in [1.807, 2.05) is 0 Å². The molecule has 16 heavy (non-hydrogen) atoms. The second kappa shape index (κ2) is 5.69. The second-order valence-corrected chi connectivity index (χ2v) is 4.11. The molecule has 0 spiro atoms. The molecular formula is C10H18N2O4. The number of hydrogen-bond donors (Lipinski definition) is 2. The summed E-state index contributed by atoms with van der Waals surface area (Å²) in [6, 6.07) is -1.17. The van der Waals surface area contributed by atoms with Gasteiger partial charge in [-0.15, -0.1) is 0 Å². The van der Waals surface area contributed by atoms with E-state index in [0.29, 0.717) is 26.3 Å². The van der Waals surface area contributed by atoms with Crippen LogP contribution in [0.5, 0.6) is 0 Å². The summed E-state index contributed by atoms with van der Waals surface area (Å²) in [7, 11) is 0. The van der Waals surface area contributed by atoms with Crippen molar-refractivity contribution in [3.63, 3.8) is 0 Å². The van der Waals surface area contributed by atoms with Crippen LogP contribution in [0.1, 0.15) is 13.8 Å². The van der Waals surface area contributed by atoms with Crippen molar-refractivity contribution < 1.29 is 19.4 Å². The van der Waals surface area contributed by atoms with E-state index in [-0.39, 0.29) is 11.9 Å². The molecule has 0 bridgehead atoms. The van der Waals surface area contributed by atoms with Gasteiger partial charge in [0.25, 0.3) is 0 Å². The Hall–Kier alpha value is -1.30. The highest BCUT2D eigenvalue weighted by Gasteiger charge is 2.26. The summed E-state index contributed by atoms with van der Waals surface area (Å²) in [5, 5.41) is 11.5. The van der Waals surface area contributed by atoms with E-state index in [1.54, 1.807) is 18.7 Å². The van der Waals surface area contributed by atoms with Crippen LogP contribution < -0.4 is 5.32 Å². The van der Waals surface area contributed by atoms with Gasteiger partial charge in [0.2, 0.25) is 0 Å². The van der Waals surface area contributed by atoms with E-state index >= 15 is 0 Å². The molecule has 1 aliphatic heterocycles. The highest BCUT2D eigenvalue weighted by Crippen LogP contribution is 2.04. The molecule has 0 radical (unpaired) electrons. The standard InChI is InChI=1S/C10H18N2O4/c1-7(2)8(9(13)14)11-10(15)12-3-5-16-6-4-12/h7-8H,3-6H2,1-2H3,(H,11,15)(H,13,14)/t8-/m1/s1. The van der Waals surface area contributed by atoms with Gasteiger partial charge in [0, 0.05) is 13.1 Å². The summed E-state index contributed by atoms with van der Waals surface area (Å²) in [6.45, 7) is 5.56. The van der Waals surface area contributed by atoms with E-state index in [0.717, 1.165) is 0 Å². The van der Waals surface area contributed by atoms with Gasteiger partial charge in [-0.05, 0) is 5.92 Å². The summed E-state index contributed by atoms with van der Waals surface area (Å²) in [5.74, 6) is -1.14. The van der Waals surface area contributed by atoms with Crippen LogP contribution in [0.4, 0.5) is 4.79 Å². The SMILES string of the molecule is CC(C)[C@@H](NC(=O)N1CCOCC1)C(=O)O. The number of rotatable bonds is 3. The first-order chi connectivity index (χ1) is 7.52. The minimum atomic E-state index is -1.00. The lowest BCUT2D eigenvalue weighted by Gasteiger charge is -2.29. The number of carboxylic acids is 1. The van der Waals surface area contributed by atoms with Gasteiger partial charge in [0.15, 0.2) is 0 Å². The zero-order valence-corrected chi connectivity index (χ0v) is 9.60. The van der Waals surface area contributed by atoms with E-state index in [9.17, 15) is 9.59 Å². The molecule has 1 fully saturated rings. The number of carboxylic acid groups (broad SMARTS) is 1. The van der Waals surface area contributed by atoms with Crippen molar-refractivity contribution in [3.05, 3.63) is 0 Å². The van der Waals surface area contributed by atoms with E-state index < -0.39 is 12.0 Å². The van der Waals surface area contributed by atoms with Gasteiger partial charge in [-0.1, -0.05) is 13.8 Å². The first-order valence-corrected chi connectivity index (χ1v) is 5.38. The molecule has 6 nitrogen and oxygen atoms in total. The lowest BCUT2D eigenvalue weighted by Crippen LogP contribution is -2.52. The van der Waals surface area contributed by atoms with Crippen molar-refractivity contribution in [1.29, 1.82) is 0 Å². The van der Waals surface area contributed by atoms with Gasteiger partial charge in [0.05, 0.1) is 13.2 Å². The third-order valence-electron chi connectivity index (χ3n) is 2.51. The molecular weight excluding hydrogens is 212 g/mol. The lowest BCUT2D eigenvalue weighted by atomic mass is 10.1. The fraction of sp³-hybridized carbons (Fsp3) is 0.800. The molecule has 0 aromatic rings. The number of ether oxygens (including phenoxy) is 1. The third-order valence-corrected chi connectivity index (χ3v) is 2.51. The van der Waals surface area contributed by atoms with Crippen molar-refractivity contribution in [1.82, 2.24) is 10.2 Å². The molecule has 1 saturated heterocycles. The van der Waals surface area contributed by atoms with Crippen LogP contribution in [0.2, 0.25) is 0 Å². The lowest BCUT2D eigenvalue weighted by molar-refractivity contribution is -0.140. The van der Waals surface area contributed by atoms with Gasteiger partial charge in [-0.25, -0.2) is 9.59 Å². The number of morpholine rings is 1. The average Bonchev–Trinajstić information content (AvgIpc) is 2.25. The molecule has 0 saturated carbocycles. The van der Waals surface area contributed by atoms with Crippen molar-refractivity contribution >= 4 is 12.0 Å². The molecule has 1 heterocycles. The van der Waals surface area contributed by atoms with Crippen molar-refractivity contribution in [2.24, 2.45) is 5.92 Å². The van der Waals surface area contributed by atoms with Gasteiger partial charge in [-0.2, -0.15) is 0 Å². The molecule has 0 unspecified atom stereocenters. The molecule has 0 aliphatic carbocycles. The largest absolute Gasteiger partial charge is 0.480 e. The first-order valence-electron chi connectivity index (χ1n) is 5.38. The van der Waals surface area contributed by atoms with Crippen LogP contribution in [-0.2, 0) is 9.53 Å². The maximum Gasteiger partial charge on any atom is 0.326 e. The normalized spacial score (nSPS) is 18.3. The molecule has 2 amide bonds. The van der Waals surface area contributed by atoms with Crippen LogP contribution in [0, 0.1) is 5.92 Å². The van der Waals surface area contributed by atoms with E-state index in [2.05, 4.69) is 5.32 Å². The molecule has 2 N–H and O–H groups in total. The number of aliphatic carboxylic acids is 1. The van der Waals surface area contributed by atoms with Crippen molar-refractivity contribution in [3.8, 4) is 0 Å². The van der Waals surface area contributed by atoms with Gasteiger partial charge in [0.1, 0.15) is 6.04 Å². The van der Waals surface area contributed by atoms with Crippen LogP contribution in [0.15, 0.2) is 0 Å². The molecule has 0 aromatic heterocycles. The zero-order chi connectivity index (χ0) is 12.1. The highest BCUT2D eigenvalue weighted by molar-refractivity contribution is 5.82. The Bertz CT molecular complexity index is 262. The molecule has 6 heteroatoms. The van der Waals surface area contributed by atoms with Crippen LogP contribution in [-0.4, -0.2) is 54.4 Å². The summed E-state index contributed by atoms with van der Waals surface area (Å²) in [6.07, 6.45) is 0. The Kier molecular flexibility index (Phi) is 4.54. The third kappa shape index (κ3) is 3.37. The van der Waals surface area contributed by atoms with Crippen molar-refractivity contribution in [2.45, 2.75) is 19.9 Å². The minimum absolute atomic E-state index is 0.137. The van der Waals surface area contributed by atoms with Crippen LogP contribution >= 0.6 is 0 Å². The summed E-state index contributed by atoms with van der Waals surface area (Å²) < 4.78 is 5.11. The summed E-state index contributed by atoms with van der Waals surface area (Å²) in [4.78, 5) is 24.2. The van der Waals surface area contributed by atoms with E-state index in [1.165, 1.54) is 0 Å². The fourth-order valence-corrected chi connectivity index (χ4v) is 1.50. The summed E-state index contributed by atoms with van der Waals surface area (Å²) in [5.41, 5.74) is 0. The van der Waals surface area contributed by atoms with Gasteiger partial charge in [-0.3, -0.25) is 0 Å². The maximum absolute atomic E-state index is 11.7. The molecule has 92 valence electrons. The van der Waals surface area contributed by atoms with E-state index in [4.69, 9.17) is 9.84 Å². The number of nitrogens with one attached hydrogen (secondary N) is 1. The highest BCUT2D eigenvalue weighted by atomic mass is 16.5. The molecule has 1 atom stereocenters. The first kappa shape index (κ1) is 12.8. The Morgan fingerprint density at radius 3 is 2.31 bits per heavy atom. The van der Waals surface area contributed by atoms with Crippen molar-refractivity contribution in [2.75, 3.05) is 26.3 Å². The quantitative estimate of drug-likeness (QED) is 0.722. The summed E-state index contributed by atoms with van der Waals surface area (Å²) >= 11 is 0. The van der Waals surface area contributed by atoms with Gasteiger partial charge < -0.3 is 20.1 Å². The Morgan fingerprint density at radius 2 is 1.88 bits per heavy atom.